The molecule has 4 heteroatoms. The van der Waals surface area contributed by atoms with Gasteiger partial charge in [0.1, 0.15) is 0 Å². The van der Waals surface area contributed by atoms with Crippen LogP contribution in [0, 0.1) is 6.92 Å². The van der Waals surface area contributed by atoms with Crippen molar-refractivity contribution in [2.45, 2.75) is 25.8 Å². The van der Waals surface area contributed by atoms with Gasteiger partial charge in [-0.05, 0) is 43.5 Å². The van der Waals surface area contributed by atoms with Crippen LogP contribution in [0.1, 0.15) is 18.4 Å². The molecule has 1 aromatic rings. The number of nitrogens with zero attached hydrogens (tertiary/aromatic N) is 1. The zero-order valence-corrected chi connectivity index (χ0v) is 10.6. The van der Waals surface area contributed by atoms with Gasteiger partial charge in [0.25, 0.3) is 0 Å². The lowest BCUT2D eigenvalue weighted by Crippen LogP contribution is -2.30. The number of aryl methyl sites for hydroxylation is 1. The van der Waals surface area contributed by atoms with E-state index in [1.165, 1.54) is 0 Å². The van der Waals surface area contributed by atoms with Crippen molar-refractivity contribution in [1.29, 1.82) is 0 Å². The van der Waals surface area contributed by atoms with Gasteiger partial charge in [0, 0.05) is 31.5 Å². The predicted octanol–water partition coefficient (Wildman–Crippen LogP) is 2.34. The average Bonchev–Trinajstić information content (AvgIpc) is 3.04. The second kappa shape index (κ2) is 4.65. The van der Waals surface area contributed by atoms with Gasteiger partial charge in [-0.3, -0.25) is 0 Å². The third kappa shape index (κ3) is 3.12. The van der Waals surface area contributed by atoms with Gasteiger partial charge in [-0.1, -0.05) is 0 Å². The second-order valence-electron chi connectivity index (χ2n) is 4.77. The summed E-state index contributed by atoms with van der Waals surface area (Å²) < 4.78 is 0. The molecule has 0 aliphatic heterocycles. The van der Waals surface area contributed by atoms with Crippen LogP contribution in [-0.4, -0.2) is 26.2 Å². The Kier molecular flexibility index (Phi) is 3.22. The maximum absolute atomic E-state index is 11.6. The summed E-state index contributed by atoms with van der Waals surface area (Å²) in [6.45, 7) is 2.00. The minimum atomic E-state index is -0.104. The highest BCUT2D eigenvalue weighted by Gasteiger charge is 2.23. The molecule has 17 heavy (non-hydrogen) atoms. The molecule has 0 spiro atoms. The second-order valence-corrected chi connectivity index (χ2v) is 4.77. The minimum absolute atomic E-state index is 0.104. The summed E-state index contributed by atoms with van der Waals surface area (Å²) in [5.41, 5.74) is 3.08. The largest absolute Gasteiger partial charge is 0.378 e. The Labute approximate surface area is 102 Å². The molecular weight excluding hydrogens is 214 g/mol. The molecule has 0 atom stereocenters. The van der Waals surface area contributed by atoms with Gasteiger partial charge in [-0.25, -0.2) is 4.79 Å². The number of hydrogen-bond donors (Lipinski definition) is 2. The molecule has 1 fully saturated rings. The smallest absolute Gasteiger partial charge is 0.319 e. The number of amides is 2. The van der Waals surface area contributed by atoms with Crippen LogP contribution in [0.5, 0.6) is 0 Å². The van der Waals surface area contributed by atoms with Crippen LogP contribution in [0.25, 0.3) is 0 Å². The average molecular weight is 233 g/mol. The molecule has 1 aliphatic rings. The van der Waals surface area contributed by atoms with Crippen molar-refractivity contribution in [3.63, 3.8) is 0 Å². The summed E-state index contributed by atoms with van der Waals surface area (Å²) in [5.74, 6) is 0. The molecule has 0 aromatic heterocycles. The molecule has 0 heterocycles. The third-order valence-corrected chi connectivity index (χ3v) is 2.89. The standard InChI is InChI=1S/C13H19N3O/c1-9-8-11(16(2)3)6-7-12(9)15-13(17)14-10-4-5-10/h6-8,10H,4-5H2,1-3H3,(H2,14,15,17). The van der Waals surface area contributed by atoms with Crippen molar-refractivity contribution >= 4 is 17.4 Å². The van der Waals surface area contributed by atoms with Crippen molar-refractivity contribution in [1.82, 2.24) is 5.32 Å². The van der Waals surface area contributed by atoms with Crippen molar-refractivity contribution in [2.24, 2.45) is 0 Å². The first-order valence-corrected chi connectivity index (χ1v) is 5.92. The summed E-state index contributed by atoms with van der Waals surface area (Å²) >= 11 is 0. The van der Waals surface area contributed by atoms with Gasteiger partial charge in [-0.2, -0.15) is 0 Å². The molecule has 92 valence electrons. The number of carbonyl (C=O) groups is 1. The van der Waals surface area contributed by atoms with Crippen molar-refractivity contribution in [3.8, 4) is 0 Å². The van der Waals surface area contributed by atoms with E-state index < -0.39 is 0 Å². The Morgan fingerprint density at radius 3 is 2.59 bits per heavy atom. The van der Waals surface area contributed by atoms with E-state index >= 15 is 0 Å². The van der Waals surface area contributed by atoms with E-state index in [-0.39, 0.29) is 6.03 Å². The third-order valence-electron chi connectivity index (χ3n) is 2.89. The van der Waals surface area contributed by atoms with E-state index in [1.807, 2.05) is 38.1 Å². The Bertz CT molecular complexity index is 425. The minimum Gasteiger partial charge on any atom is -0.378 e. The summed E-state index contributed by atoms with van der Waals surface area (Å²) in [5, 5.41) is 5.79. The summed E-state index contributed by atoms with van der Waals surface area (Å²) in [7, 11) is 4.00. The monoisotopic (exact) mass is 233 g/mol. The van der Waals surface area contributed by atoms with Gasteiger partial charge in [-0.15, -0.1) is 0 Å². The lowest BCUT2D eigenvalue weighted by molar-refractivity contribution is 0.251. The van der Waals surface area contributed by atoms with Gasteiger partial charge < -0.3 is 15.5 Å². The molecule has 2 amide bonds. The number of urea groups is 1. The van der Waals surface area contributed by atoms with Crippen molar-refractivity contribution in [3.05, 3.63) is 23.8 Å². The van der Waals surface area contributed by atoms with Crippen LogP contribution in [0.4, 0.5) is 16.2 Å². The molecule has 0 radical (unpaired) electrons. The van der Waals surface area contributed by atoms with E-state index in [0.29, 0.717) is 6.04 Å². The first kappa shape index (κ1) is 11.8. The number of nitrogens with one attached hydrogen (secondary N) is 2. The van der Waals surface area contributed by atoms with Gasteiger partial charge >= 0.3 is 6.03 Å². The quantitative estimate of drug-likeness (QED) is 0.841. The van der Waals surface area contributed by atoms with E-state index in [1.54, 1.807) is 0 Å². The Hall–Kier alpha value is -1.71. The Balaban J connectivity index is 2.02. The molecule has 1 aromatic carbocycles. The van der Waals surface area contributed by atoms with Crippen LogP contribution in [0.2, 0.25) is 0 Å². The summed E-state index contributed by atoms with van der Waals surface area (Å²) in [6.07, 6.45) is 2.21. The van der Waals surface area contributed by atoms with Crippen LogP contribution in [0.3, 0.4) is 0 Å². The van der Waals surface area contributed by atoms with Crippen LogP contribution in [0.15, 0.2) is 18.2 Å². The van der Waals surface area contributed by atoms with Crippen molar-refractivity contribution in [2.75, 3.05) is 24.3 Å². The topological polar surface area (TPSA) is 44.4 Å². The zero-order valence-electron chi connectivity index (χ0n) is 10.6. The van der Waals surface area contributed by atoms with Crippen LogP contribution in [-0.2, 0) is 0 Å². The predicted molar refractivity (Wildman–Crippen MR) is 70.7 cm³/mol. The molecule has 1 saturated carbocycles. The Morgan fingerprint density at radius 1 is 1.35 bits per heavy atom. The van der Waals surface area contributed by atoms with Gasteiger partial charge in [0.05, 0.1) is 0 Å². The first-order chi connectivity index (χ1) is 8.06. The number of benzene rings is 1. The lowest BCUT2D eigenvalue weighted by atomic mass is 10.1. The summed E-state index contributed by atoms with van der Waals surface area (Å²) in [4.78, 5) is 13.6. The summed E-state index contributed by atoms with van der Waals surface area (Å²) in [6, 6.07) is 6.29. The molecule has 0 unspecified atom stereocenters. The van der Waals surface area contributed by atoms with Gasteiger partial charge in [0.15, 0.2) is 0 Å². The molecule has 0 bridgehead atoms. The Morgan fingerprint density at radius 2 is 2.06 bits per heavy atom. The number of rotatable bonds is 3. The molecule has 0 saturated heterocycles. The van der Waals surface area contributed by atoms with E-state index in [2.05, 4.69) is 16.7 Å². The SMILES string of the molecule is Cc1cc(N(C)C)ccc1NC(=O)NC1CC1. The maximum Gasteiger partial charge on any atom is 0.319 e. The van der Waals surface area contributed by atoms with E-state index in [4.69, 9.17) is 0 Å². The molecule has 2 N–H and O–H groups in total. The van der Waals surface area contributed by atoms with E-state index in [0.717, 1.165) is 29.8 Å². The molecule has 4 nitrogen and oxygen atoms in total. The van der Waals surface area contributed by atoms with Crippen molar-refractivity contribution < 1.29 is 4.79 Å². The highest BCUT2D eigenvalue weighted by Crippen LogP contribution is 2.22. The number of anilines is 2. The normalized spacial score (nSPS) is 14.3. The van der Waals surface area contributed by atoms with E-state index in [9.17, 15) is 4.79 Å². The fraction of sp³-hybridized carbons (Fsp3) is 0.462. The number of hydrogen-bond acceptors (Lipinski definition) is 2. The molecule has 1 aliphatic carbocycles. The van der Waals surface area contributed by atoms with Crippen LogP contribution >= 0.6 is 0 Å². The maximum atomic E-state index is 11.6. The highest BCUT2D eigenvalue weighted by molar-refractivity contribution is 5.90. The fourth-order valence-corrected chi connectivity index (χ4v) is 1.64. The van der Waals surface area contributed by atoms with Gasteiger partial charge in [0.2, 0.25) is 0 Å². The first-order valence-electron chi connectivity index (χ1n) is 5.92. The fourth-order valence-electron chi connectivity index (χ4n) is 1.64. The lowest BCUT2D eigenvalue weighted by Gasteiger charge is -2.15. The molecule has 2 rings (SSSR count). The number of carbonyl (C=O) groups excluding carboxylic acids is 1. The molecular formula is C13H19N3O. The zero-order chi connectivity index (χ0) is 12.4. The highest BCUT2D eigenvalue weighted by atomic mass is 16.2. The van der Waals surface area contributed by atoms with Crippen LogP contribution < -0.4 is 15.5 Å².